The van der Waals surface area contributed by atoms with Crippen LogP contribution in [0, 0.1) is 17.5 Å². The lowest BCUT2D eigenvalue weighted by Crippen LogP contribution is -1.97. The maximum Gasteiger partial charge on any atom is 0.182 e. The summed E-state index contributed by atoms with van der Waals surface area (Å²) >= 11 is 12.1. The van der Waals surface area contributed by atoms with Gasteiger partial charge in [0.2, 0.25) is 0 Å². The second kappa shape index (κ2) is 5.09. The Labute approximate surface area is 136 Å². The first-order chi connectivity index (χ1) is 9.47. The predicted octanol–water partition coefficient (Wildman–Crippen LogP) is 5.66. The van der Waals surface area contributed by atoms with E-state index in [4.69, 9.17) is 12.2 Å². The Morgan fingerprint density at radius 2 is 1.95 bits per heavy atom. The summed E-state index contributed by atoms with van der Waals surface area (Å²) in [5, 5.41) is 0. The summed E-state index contributed by atoms with van der Waals surface area (Å²) in [4.78, 5) is 3.04. The van der Waals surface area contributed by atoms with Crippen LogP contribution in [0.3, 0.4) is 0 Å². The molecule has 1 heterocycles. The molecule has 0 saturated heterocycles. The molecule has 102 valence electrons. The molecule has 1 N–H and O–H groups in total. The van der Waals surface area contributed by atoms with E-state index in [0.29, 0.717) is 14.8 Å². The number of nitrogens with zero attached hydrogens (tertiary/aromatic N) is 1. The van der Waals surface area contributed by atoms with E-state index in [1.54, 1.807) is 6.07 Å². The van der Waals surface area contributed by atoms with Crippen LogP contribution in [-0.4, -0.2) is 9.55 Å². The number of fused-ring (bicyclic) bond motifs is 1. The van der Waals surface area contributed by atoms with Gasteiger partial charge in [-0.25, -0.2) is 4.39 Å². The van der Waals surface area contributed by atoms with Crippen molar-refractivity contribution >= 4 is 55.1 Å². The highest BCUT2D eigenvalue weighted by atomic mass is 79.9. The smallest absolute Gasteiger partial charge is 0.182 e. The van der Waals surface area contributed by atoms with Crippen LogP contribution in [0.2, 0.25) is 0 Å². The molecule has 0 bridgehead atoms. The highest BCUT2D eigenvalue weighted by Gasteiger charge is 2.12. The van der Waals surface area contributed by atoms with E-state index in [2.05, 4.69) is 36.8 Å². The Morgan fingerprint density at radius 3 is 2.70 bits per heavy atom. The number of benzene rings is 2. The van der Waals surface area contributed by atoms with Gasteiger partial charge in [-0.15, -0.1) is 0 Å². The molecule has 0 aliphatic rings. The molecule has 0 amide bonds. The fourth-order valence-electron chi connectivity index (χ4n) is 2.16. The number of hydrogen-bond acceptors (Lipinski definition) is 1. The van der Waals surface area contributed by atoms with Crippen molar-refractivity contribution in [2.45, 2.75) is 6.92 Å². The van der Waals surface area contributed by atoms with Gasteiger partial charge in [0.05, 0.1) is 21.2 Å². The molecule has 0 unspecified atom stereocenters. The molecule has 2 nitrogen and oxygen atoms in total. The number of halogens is 3. The number of hydrogen-bond donors (Lipinski definition) is 1. The molecule has 1 aromatic heterocycles. The van der Waals surface area contributed by atoms with Gasteiger partial charge < -0.3 is 4.98 Å². The maximum absolute atomic E-state index is 13.6. The number of H-pyrrole nitrogens is 1. The van der Waals surface area contributed by atoms with Gasteiger partial charge in [0.25, 0.3) is 0 Å². The van der Waals surface area contributed by atoms with E-state index < -0.39 is 0 Å². The number of imidazole rings is 1. The zero-order valence-electron chi connectivity index (χ0n) is 10.4. The molecule has 0 aliphatic heterocycles. The fraction of sp³-hybridized carbons (Fsp3) is 0.0714. The summed E-state index contributed by atoms with van der Waals surface area (Å²) in [6.45, 7) is 2.01. The van der Waals surface area contributed by atoms with Gasteiger partial charge in [-0.2, -0.15) is 0 Å². The first kappa shape index (κ1) is 14.0. The molecule has 0 spiro atoms. The highest BCUT2D eigenvalue weighted by Crippen LogP contribution is 2.28. The van der Waals surface area contributed by atoms with Crippen LogP contribution in [0.4, 0.5) is 4.39 Å². The Kier molecular flexibility index (Phi) is 3.56. The predicted molar refractivity (Wildman–Crippen MR) is 88.6 cm³/mol. The summed E-state index contributed by atoms with van der Waals surface area (Å²) in [6, 6.07) is 9.16. The first-order valence-corrected chi connectivity index (χ1v) is 7.83. The van der Waals surface area contributed by atoms with Crippen molar-refractivity contribution in [2.75, 3.05) is 0 Å². The van der Waals surface area contributed by atoms with Gasteiger partial charge >= 0.3 is 0 Å². The summed E-state index contributed by atoms with van der Waals surface area (Å²) in [5.41, 5.74) is 3.57. The molecule has 2 aromatic carbocycles. The van der Waals surface area contributed by atoms with Crippen LogP contribution < -0.4 is 0 Å². The molecular weight excluding hydrogens is 407 g/mol. The molecular formula is C14H9Br2FN2S. The van der Waals surface area contributed by atoms with Gasteiger partial charge in [0.1, 0.15) is 5.82 Å². The molecule has 3 aromatic rings. The maximum atomic E-state index is 13.6. The SMILES string of the molecule is Cc1ccc(Br)cc1-n1c(=S)[nH]c2cc(F)c(Br)cc21. The largest absolute Gasteiger partial charge is 0.330 e. The second-order valence-corrected chi connectivity index (χ2v) is 6.64. The zero-order chi connectivity index (χ0) is 14.4. The van der Waals surface area contributed by atoms with E-state index in [0.717, 1.165) is 21.2 Å². The van der Waals surface area contributed by atoms with E-state index in [1.807, 2.05) is 29.7 Å². The van der Waals surface area contributed by atoms with Crippen molar-refractivity contribution in [2.24, 2.45) is 0 Å². The summed E-state index contributed by atoms with van der Waals surface area (Å²) in [6.07, 6.45) is 0. The third-order valence-electron chi connectivity index (χ3n) is 3.14. The van der Waals surface area contributed by atoms with Gasteiger partial charge in [0, 0.05) is 10.5 Å². The van der Waals surface area contributed by atoms with E-state index in [9.17, 15) is 4.39 Å². The monoisotopic (exact) mass is 414 g/mol. The van der Waals surface area contributed by atoms with Crippen molar-refractivity contribution in [1.29, 1.82) is 0 Å². The molecule has 0 radical (unpaired) electrons. The lowest BCUT2D eigenvalue weighted by molar-refractivity contribution is 0.623. The average molecular weight is 416 g/mol. The van der Waals surface area contributed by atoms with Crippen LogP contribution in [0.25, 0.3) is 16.7 Å². The van der Waals surface area contributed by atoms with Crippen LogP contribution >= 0.6 is 44.1 Å². The van der Waals surface area contributed by atoms with Crippen LogP contribution in [0.1, 0.15) is 5.56 Å². The molecule has 0 atom stereocenters. The minimum absolute atomic E-state index is 0.313. The summed E-state index contributed by atoms with van der Waals surface area (Å²) < 4.78 is 17.5. The van der Waals surface area contributed by atoms with E-state index in [-0.39, 0.29) is 5.82 Å². The molecule has 20 heavy (non-hydrogen) atoms. The van der Waals surface area contributed by atoms with Crippen LogP contribution in [0.15, 0.2) is 39.3 Å². The number of rotatable bonds is 1. The highest BCUT2D eigenvalue weighted by molar-refractivity contribution is 9.10. The van der Waals surface area contributed by atoms with Crippen molar-refractivity contribution in [3.05, 3.63) is 55.4 Å². The third-order valence-corrected chi connectivity index (χ3v) is 4.52. The number of aryl methyl sites for hydroxylation is 1. The first-order valence-electron chi connectivity index (χ1n) is 5.83. The van der Waals surface area contributed by atoms with Crippen LogP contribution in [0.5, 0.6) is 0 Å². The number of aromatic amines is 1. The van der Waals surface area contributed by atoms with Crippen molar-refractivity contribution < 1.29 is 4.39 Å². The number of aromatic nitrogens is 2. The van der Waals surface area contributed by atoms with Gasteiger partial charge in [0.15, 0.2) is 4.77 Å². The van der Waals surface area contributed by atoms with Crippen molar-refractivity contribution in [3.63, 3.8) is 0 Å². The Balaban J connectivity index is 2.42. The lowest BCUT2D eigenvalue weighted by Gasteiger charge is -2.09. The van der Waals surface area contributed by atoms with Gasteiger partial charge in [-0.05, 0) is 58.8 Å². The number of nitrogens with one attached hydrogen (secondary N) is 1. The Morgan fingerprint density at radius 1 is 1.20 bits per heavy atom. The minimum atomic E-state index is -0.313. The topological polar surface area (TPSA) is 20.7 Å². The van der Waals surface area contributed by atoms with E-state index in [1.165, 1.54) is 6.07 Å². The summed E-state index contributed by atoms with van der Waals surface area (Å²) in [7, 11) is 0. The van der Waals surface area contributed by atoms with Crippen molar-refractivity contribution in [1.82, 2.24) is 9.55 Å². The van der Waals surface area contributed by atoms with E-state index >= 15 is 0 Å². The normalized spacial score (nSPS) is 11.2. The third kappa shape index (κ3) is 2.25. The summed E-state index contributed by atoms with van der Waals surface area (Å²) in [5.74, 6) is -0.313. The van der Waals surface area contributed by atoms with Crippen molar-refractivity contribution in [3.8, 4) is 5.69 Å². The zero-order valence-corrected chi connectivity index (χ0v) is 14.4. The fourth-order valence-corrected chi connectivity index (χ4v) is 3.15. The quantitative estimate of drug-likeness (QED) is 0.508. The minimum Gasteiger partial charge on any atom is -0.330 e. The molecule has 0 fully saturated rings. The Hall–Kier alpha value is -0.980. The molecule has 3 rings (SSSR count). The van der Waals surface area contributed by atoms with Crippen LogP contribution in [-0.2, 0) is 0 Å². The molecule has 0 aliphatic carbocycles. The molecule has 0 saturated carbocycles. The second-order valence-electron chi connectivity index (χ2n) is 4.48. The van der Waals surface area contributed by atoms with Gasteiger partial charge in [-0.1, -0.05) is 22.0 Å². The average Bonchev–Trinajstić information content (AvgIpc) is 2.69. The molecule has 6 heteroatoms. The standard InChI is InChI=1S/C14H9Br2FN2S/c1-7-2-3-8(15)4-12(7)19-13-5-9(16)10(17)6-11(13)18-14(19)20/h2-6H,1H3,(H,18,20). The Bertz CT molecular complexity index is 883. The lowest BCUT2D eigenvalue weighted by atomic mass is 10.2. The van der Waals surface area contributed by atoms with Gasteiger partial charge in [-0.3, -0.25) is 4.57 Å².